The number of anilines is 1. The molecule has 1 unspecified atom stereocenters. The summed E-state index contributed by atoms with van der Waals surface area (Å²) in [5.74, 6) is 0.416. The number of nitrogens with zero attached hydrogens (tertiary/aromatic N) is 1. The van der Waals surface area contributed by atoms with E-state index < -0.39 is 0 Å². The van der Waals surface area contributed by atoms with Gasteiger partial charge in [-0.25, -0.2) is 0 Å². The van der Waals surface area contributed by atoms with Crippen molar-refractivity contribution in [2.24, 2.45) is 0 Å². The number of carbonyl (C=O) groups excluding carboxylic acids is 2. The number of benzene rings is 1. The summed E-state index contributed by atoms with van der Waals surface area (Å²) in [6.07, 6.45) is 5.22. The largest absolute Gasteiger partial charge is 0.468 e. The van der Waals surface area contributed by atoms with Crippen molar-refractivity contribution < 1.29 is 14.0 Å². The van der Waals surface area contributed by atoms with Gasteiger partial charge in [-0.2, -0.15) is 11.3 Å². The molecule has 30 heavy (non-hydrogen) atoms. The van der Waals surface area contributed by atoms with E-state index in [9.17, 15) is 9.59 Å². The van der Waals surface area contributed by atoms with Crippen LogP contribution in [0.5, 0.6) is 0 Å². The molecule has 156 valence electrons. The molecule has 1 aliphatic rings. The van der Waals surface area contributed by atoms with Crippen LogP contribution in [-0.4, -0.2) is 36.3 Å². The third-order valence-electron chi connectivity index (χ3n) is 5.36. The second-order valence-electron chi connectivity index (χ2n) is 7.35. The summed E-state index contributed by atoms with van der Waals surface area (Å²) >= 11 is 1.46. The summed E-state index contributed by atoms with van der Waals surface area (Å²) in [6, 6.07) is 12.7. The van der Waals surface area contributed by atoms with Crippen molar-refractivity contribution in [1.29, 1.82) is 0 Å². The van der Waals surface area contributed by atoms with Crippen molar-refractivity contribution in [3.63, 3.8) is 0 Å². The van der Waals surface area contributed by atoms with E-state index in [1.54, 1.807) is 42.0 Å². The van der Waals surface area contributed by atoms with Crippen LogP contribution in [0.15, 0.2) is 63.9 Å². The lowest BCUT2D eigenvalue weighted by Crippen LogP contribution is -2.40. The van der Waals surface area contributed by atoms with Crippen molar-refractivity contribution in [1.82, 2.24) is 10.2 Å². The Hall–Kier alpha value is -2.90. The lowest BCUT2D eigenvalue weighted by molar-refractivity contribution is 0.0915. The van der Waals surface area contributed by atoms with Gasteiger partial charge in [-0.05, 0) is 61.6 Å². The Balaban J connectivity index is 1.46. The average Bonchev–Trinajstić information content (AvgIpc) is 3.50. The van der Waals surface area contributed by atoms with Crippen LogP contribution in [0.2, 0.25) is 0 Å². The van der Waals surface area contributed by atoms with Gasteiger partial charge < -0.3 is 15.1 Å². The molecular formula is C23H25N3O3S. The lowest BCUT2D eigenvalue weighted by Gasteiger charge is -2.33. The maximum Gasteiger partial charge on any atom is 0.256 e. The number of piperidine rings is 1. The van der Waals surface area contributed by atoms with Gasteiger partial charge in [-0.15, -0.1) is 0 Å². The molecule has 3 heterocycles. The Morgan fingerprint density at radius 2 is 1.87 bits per heavy atom. The highest BCUT2D eigenvalue weighted by Crippen LogP contribution is 2.25. The fraction of sp³-hybridized carbons (Fsp3) is 0.304. The van der Waals surface area contributed by atoms with Crippen LogP contribution in [0.25, 0.3) is 0 Å². The van der Waals surface area contributed by atoms with E-state index in [-0.39, 0.29) is 17.9 Å². The number of nitrogens with one attached hydrogen (secondary N) is 2. The van der Waals surface area contributed by atoms with E-state index in [0.717, 1.165) is 31.7 Å². The van der Waals surface area contributed by atoms with Crippen LogP contribution in [0, 0.1) is 0 Å². The summed E-state index contributed by atoms with van der Waals surface area (Å²) in [6.45, 7) is 2.43. The summed E-state index contributed by atoms with van der Waals surface area (Å²) < 4.78 is 5.66. The number of hydrogen-bond donors (Lipinski definition) is 2. The van der Waals surface area contributed by atoms with Crippen LogP contribution in [0.3, 0.4) is 0 Å². The molecule has 7 heteroatoms. The van der Waals surface area contributed by atoms with E-state index in [0.29, 0.717) is 23.4 Å². The lowest BCUT2D eigenvalue weighted by atomic mass is 10.1. The topological polar surface area (TPSA) is 74.6 Å². The highest BCUT2D eigenvalue weighted by atomic mass is 32.1. The predicted octanol–water partition coefficient (Wildman–Crippen LogP) is 4.55. The Morgan fingerprint density at radius 1 is 1.03 bits per heavy atom. The van der Waals surface area contributed by atoms with Gasteiger partial charge in [-0.3, -0.25) is 14.5 Å². The fourth-order valence-corrected chi connectivity index (χ4v) is 4.42. The summed E-state index contributed by atoms with van der Waals surface area (Å²) in [4.78, 5) is 27.8. The summed E-state index contributed by atoms with van der Waals surface area (Å²) in [5.41, 5.74) is 1.52. The van der Waals surface area contributed by atoms with E-state index in [1.807, 2.05) is 17.5 Å². The van der Waals surface area contributed by atoms with E-state index in [1.165, 1.54) is 17.8 Å². The predicted molar refractivity (Wildman–Crippen MR) is 118 cm³/mol. The molecule has 2 N–H and O–H groups in total. The molecular weight excluding hydrogens is 398 g/mol. The van der Waals surface area contributed by atoms with Crippen LogP contribution in [0.1, 0.15) is 51.8 Å². The molecule has 0 bridgehead atoms. The van der Waals surface area contributed by atoms with E-state index >= 15 is 0 Å². The van der Waals surface area contributed by atoms with Gasteiger partial charge in [0.1, 0.15) is 5.76 Å². The van der Waals surface area contributed by atoms with Crippen molar-refractivity contribution >= 4 is 28.8 Å². The number of hydrogen-bond acceptors (Lipinski definition) is 5. The minimum Gasteiger partial charge on any atom is -0.468 e. The number of carbonyl (C=O) groups is 2. The third-order valence-corrected chi connectivity index (χ3v) is 6.05. The standard InChI is InChI=1S/C23H25N3O3S/c27-22(17-10-14-30-16-17)25-19-8-3-2-7-18(19)23(28)24-15-20(21-9-6-13-29-21)26-11-4-1-5-12-26/h2-3,6-10,13-14,16,20H,1,4-5,11-12,15H2,(H,24,28)(H,25,27). The highest BCUT2D eigenvalue weighted by molar-refractivity contribution is 7.08. The first-order chi connectivity index (χ1) is 14.7. The van der Waals surface area contributed by atoms with Crippen molar-refractivity contribution in [3.05, 3.63) is 76.4 Å². The van der Waals surface area contributed by atoms with Crippen molar-refractivity contribution in [2.45, 2.75) is 25.3 Å². The van der Waals surface area contributed by atoms with Crippen molar-refractivity contribution in [2.75, 3.05) is 25.0 Å². The highest BCUT2D eigenvalue weighted by Gasteiger charge is 2.25. The summed E-state index contributed by atoms with van der Waals surface area (Å²) in [5, 5.41) is 9.53. The van der Waals surface area contributed by atoms with Gasteiger partial charge in [0, 0.05) is 11.9 Å². The molecule has 3 aromatic rings. The number of amides is 2. The first-order valence-electron chi connectivity index (χ1n) is 10.2. The second-order valence-corrected chi connectivity index (χ2v) is 8.13. The van der Waals surface area contributed by atoms with Crippen LogP contribution in [-0.2, 0) is 0 Å². The molecule has 0 radical (unpaired) electrons. The quantitative estimate of drug-likeness (QED) is 0.585. The molecule has 2 amide bonds. The first kappa shape index (κ1) is 20.4. The maximum atomic E-state index is 13.0. The molecule has 1 saturated heterocycles. The number of rotatable bonds is 7. The van der Waals surface area contributed by atoms with E-state index in [2.05, 4.69) is 15.5 Å². The molecule has 1 aromatic carbocycles. The minimum atomic E-state index is -0.224. The van der Waals surface area contributed by atoms with Gasteiger partial charge >= 0.3 is 0 Å². The molecule has 0 saturated carbocycles. The van der Waals surface area contributed by atoms with Gasteiger partial charge in [0.2, 0.25) is 0 Å². The Labute approximate surface area is 179 Å². The fourth-order valence-electron chi connectivity index (χ4n) is 3.78. The van der Waals surface area contributed by atoms with Crippen LogP contribution in [0.4, 0.5) is 5.69 Å². The van der Waals surface area contributed by atoms with Gasteiger partial charge in [-0.1, -0.05) is 18.6 Å². The Kier molecular flexibility index (Phi) is 6.61. The zero-order valence-corrected chi connectivity index (χ0v) is 17.5. The molecule has 1 fully saturated rings. The Morgan fingerprint density at radius 3 is 2.60 bits per heavy atom. The van der Waals surface area contributed by atoms with Gasteiger partial charge in [0.05, 0.1) is 29.1 Å². The zero-order valence-electron chi connectivity index (χ0n) is 16.7. The molecule has 6 nitrogen and oxygen atoms in total. The first-order valence-corrected chi connectivity index (χ1v) is 11.1. The molecule has 1 aliphatic heterocycles. The molecule has 0 spiro atoms. The smallest absolute Gasteiger partial charge is 0.256 e. The monoisotopic (exact) mass is 423 g/mol. The molecule has 4 rings (SSSR count). The Bertz CT molecular complexity index is 964. The number of likely N-dealkylation sites (tertiary alicyclic amines) is 1. The van der Waals surface area contributed by atoms with Gasteiger partial charge in [0.15, 0.2) is 0 Å². The molecule has 0 aliphatic carbocycles. The maximum absolute atomic E-state index is 13.0. The summed E-state index contributed by atoms with van der Waals surface area (Å²) in [7, 11) is 0. The van der Waals surface area contributed by atoms with E-state index in [4.69, 9.17) is 4.42 Å². The number of furan rings is 1. The van der Waals surface area contributed by atoms with Crippen molar-refractivity contribution in [3.8, 4) is 0 Å². The SMILES string of the molecule is O=C(Nc1ccccc1C(=O)NCC(c1ccco1)N1CCCCC1)c1ccsc1. The minimum absolute atomic E-state index is 0.00295. The second kappa shape index (κ2) is 9.73. The number of thiophene rings is 1. The molecule has 1 atom stereocenters. The normalized spacial score (nSPS) is 15.5. The number of para-hydroxylation sites is 1. The van der Waals surface area contributed by atoms with Crippen LogP contribution < -0.4 is 10.6 Å². The van der Waals surface area contributed by atoms with Gasteiger partial charge in [0.25, 0.3) is 11.8 Å². The average molecular weight is 424 g/mol. The van der Waals surface area contributed by atoms with Crippen LogP contribution >= 0.6 is 11.3 Å². The third kappa shape index (κ3) is 4.80. The zero-order chi connectivity index (χ0) is 20.8. The molecule has 2 aromatic heterocycles.